The molecule has 1 N–H and O–H groups in total. The number of hydrogen-bond donors (Lipinski definition) is 1. The van der Waals surface area contributed by atoms with Crippen LogP contribution in [0.5, 0.6) is 11.5 Å². The number of rotatable bonds is 8. The van der Waals surface area contributed by atoms with Gasteiger partial charge < -0.3 is 19.2 Å². The first kappa shape index (κ1) is 20.4. The van der Waals surface area contributed by atoms with E-state index in [1.807, 2.05) is 25.1 Å². The molecule has 3 aromatic rings. The second-order valence-corrected chi connectivity index (χ2v) is 6.19. The number of hydrogen-bond acceptors (Lipinski definition) is 6. The molecule has 0 aliphatic carbocycles. The summed E-state index contributed by atoms with van der Waals surface area (Å²) in [6, 6.07) is 5.46. The molecule has 9 heteroatoms. The van der Waals surface area contributed by atoms with E-state index >= 15 is 0 Å². The SMILES string of the molecule is CCn1c(=O)c2[nH]c(/C=C/c3ccc(OCOC)c(OC)c3)nc2n(CC)c1=O. The van der Waals surface area contributed by atoms with E-state index in [0.717, 1.165) is 5.56 Å². The van der Waals surface area contributed by atoms with Gasteiger partial charge in [0.05, 0.1) is 7.11 Å². The molecular formula is C20H24N4O5. The number of ether oxygens (including phenoxy) is 3. The Balaban J connectivity index is 1.98. The standard InChI is InChI=1S/C20H24N4O5/c1-5-23-18-17(19(25)24(6-2)20(23)26)21-16(22-18)10-8-13-7-9-14(29-12-27-3)15(11-13)28-4/h7-11H,5-6,12H2,1-4H3,(H,21,22)/b10-8+. The van der Waals surface area contributed by atoms with E-state index < -0.39 is 0 Å². The Morgan fingerprint density at radius 2 is 1.83 bits per heavy atom. The van der Waals surface area contributed by atoms with Crippen molar-refractivity contribution in [2.75, 3.05) is 21.0 Å². The van der Waals surface area contributed by atoms with E-state index in [2.05, 4.69) is 9.97 Å². The zero-order valence-electron chi connectivity index (χ0n) is 16.9. The predicted octanol–water partition coefficient (Wildman–Crippen LogP) is 2.09. The van der Waals surface area contributed by atoms with E-state index in [1.165, 1.54) is 9.13 Å². The topological polar surface area (TPSA) is 100 Å². The van der Waals surface area contributed by atoms with Gasteiger partial charge in [-0.15, -0.1) is 0 Å². The van der Waals surface area contributed by atoms with Gasteiger partial charge in [0, 0.05) is 20.2 Å². The fraction of sp³-hybridized carbons (Fsp3) is 0.350. The van der Waals surface area contributed by atoms with Gasteiger partial charge in [0.25, 0.3) is 5.56 Å². The van der Waals surface area contributed by atoms with Gasteiger partial charge in [-0.3, -0.25) is 13.9 Å². The van der Waals surface area contributed by atoms with Crippen LogP contribution in [0.1, 0.15) is 25.2 Å². The number of nitrogens with zero attached hydrogens (tertiary/aromatic N) is 3. The molecule has 0 amide bonds. The number of aryl methyl sites for hydroxylation is 1. The Kier molecular flexibility index (Phi) is 6.18. The zero-order valence-corrected chi connectivity index (χ0v) is 16.9. The highest BCUT2D eigenvalue weighted by molar-refractivity contribution is 5.76. The number of aromatic amines is 1. The summed E-state index contributed by atoms with van der Waals surface area (Å²) in [6.07, 6.45) is 3.57. The Bertz CT molecular complexity index is 1160. The molecule has 3 rings (SSSR count). The minimum atomic E-state index is -0.370. The van der Waals surface area contributed by atoms with Crippen molar-refractivity contribution in [2.24, 2.45) is 0 Å². The number of nitrogens with one attached hydrogen (secondary N) is 1. The van der Waals surface area contributed by atoms with Crippen molar-refractivity contribution >= 4 is 23.3 Å². The molecule has 29 heavy (non-hydrogen) atoms. The van der Waals surface area contributed by atoms with Gasteiger partial charge in [0.2, 0.25) is 0 Å². The van der Waals surface area contributed by atoms with Gasteiger partial charge in [-0.2, -0.15) is 0 Å². The molecule has 0 saturated heterocycles. The Hall–Kier alpha value is -3.33. The summed E-state index contributed by atoms with van der Waals surface area (Å²) < 4.78 is 18.4. The molecule has 0 unspecified atom stereocenters. The van der Waals surface area contributed by atoms with Gasteiger partial charge >= 0.3 is 5.69 Å². The van der Waals surface area contributed by atoms with Crippen LogP contribution in [0.15, 0.2) is 27.8 Å². The molecule has 2 aromatic heterocycles. The summed E-state index contributed by atoms with van der Waals surface area (Å²) in [4.78, 5) is 32.5. The van der Waals surface area contributed by atoms with Crippen LogP contribution in [0.25, 0.3) is 23.3 Å². The van der Waals surface area contributed by atoms with Gasteiger partial charge in [0.1, 0.15) is 11.3 Å². The van der Waals surface area contributed by atoms with E-state index in [0.29, 0.717) is 41.6 Å². The molecular weight excluding hydrogens is 376 g/mol. The molecule has 0 atom stereocenters. The number of methoxy groups -OCH3 is 2. The average Bonchev–Trinajstić information content (AvgIpc) is 3.16. The highest BCUT2D eigenvalue weighted by Gasteiger charge is 2.15. The van der Waals surface area contributed by atoms with E-state index in [9.17, 15) is 9.59 Å². The summed E-state index contributed by atoms with van der Waals surface area (Å²) in [5.41, 5.74) is 0.795. The second-order valence-electron chi connectivity index (χ2n) is 6.19. The van der Waals surface area contributed by atoms with Crippen LogP contribution in [-0.2, 0) is 17.8 Å². The van der Waals surface area contributed by atoms with Crippen molar-refractivity contribution in [1.82, 2.24) is 19.1 Å². The number of H-pyrrole nitrogens is 1. The maximum Gasteiger partial charge on any atom is 0.332 e. The largest absolute Gasteiger partial charge is 0.493 e. The van der Waals surface area contributed by atoms with Crippen molar-refractivity contribution in [2.45, 2.75) is 26.9 Å². The summed E-state index contributed by atoms with van der Waals surface area (Å²) in [5.74, 6) is 1.62. The number of fused-ring (bicyclic) bond motifs is 1. The first-order valence-electron chi connectivity index (χ1n) is 9.25. The van der Waals surface area contributed by atoms with Crippen molar-refractivity contribution in [3.05, 3.63) is 50.4 Å². The summed E-state index contributed by atoms with van der Waals surface area (Å²) in [7, 11) is 3.11. The van der Waals surface area contributed by atoms with Crippen molar-refractivity contribution in [3.8, 4) is 11.5 Å². The summed E-state index contributed by atoms with van der Waals surface area (Å²) >= 11 is 0. The smallest absolute Gasteiger partial charge is 0.332 e. The van der Waals surface area contributed by atoms with E-state index in [-0.39, 0.29) is 18.0 Å². The minimum Gasteiger partial charge on any atom is -0.493 e. The fourth-order valence-corrected chi connectivity index (χ4v) is 3.03. The molecule has 0 radical (unpaired) electrons. The monoisotopic (exact) mass is 400 g/mol. The zero-order chi connectivity index (χ0) is 21.0. The van der Waals surface area contributed by atoms with Crippen LogP contribution in [0.4, 0.5) is 0 Å². The first-order valence-corrected chi connectivity index (χ1v) is 9.25. The van der Waals surface area contributed by atoms with Crippen LogP contribution in [0, 0.1) is 0 Å². The molecule has 0 bridgehead atoms. The minimum absolute atomic E-state index is 0.124. The highest BCUT2D eigenvalue weighted by Crippen LogP contribution is 2.28. The highest BCUT2D eigenvalue weighted by atomic mass is 16.7. The lowest BCUT2D eigenvalue weighted by atomic mass is 10.2. The number of imidazole rings is 1. The van der Waals surface area contributed by atoms with Crippen LogP contribution in [0.2, 0.25) is 0 Å². The molecule has 2 heterocycles. The third kappa shape index (κ3) is 3.95. The maximum absolute atomic E-state index is 12.6. The predicted molar refractivity (Wildman–Crippen MR) is 110 cm³/mol. The Morgan fingerprint density at radius 3 is 2.48 bits per heavy atom. The third-order valence-corrected chi connectivity index (χ3v) is 4.47. The molecule has 1 aromatic carbocycles. The van der Waals surface area contributed by atoms with E-state index in [4.69, 9.17) is 14.2 Å². The first-order chi connectivity index (χ1) is 14.0. The third-order valence-electron chi connectivity index (χ3n) is 4.47. The molecule has 0 aliphatic rings. The van der Waals surface area contributed by atoms with Gasteiger partial charge in [-0.1, -0.05) is 12.1 Å². The van der Waals surface area contributed by atoms with Gasteiger partial charge in [-0.25, -0.2) is 9.78 Å². The lowest BCUT2D eigenvalue weighted by Crippen LogP contribution is -2.39. The summed E-state index contributed by atoms with van der Waals surface area (Å²) in [5, 5.41) is 0. The average molecular weight is 400 g/mol. The van der Waals surface area contributed by atoms with E-state index in [1.54, 1.807) is 33.3 Å². The number of aromatic nitrogens is 4. The normalized spacial score (nSPS) is 11.4. The van der Waals surface area contributed by atoms with Crippen molar-refractivity contribution < 1.29 is 14.2 Å². The number of benzene rings is 1. The molecule has 0 fully saturated rings. The molecule has 154 valence electrons. The Labute approximate surface area is 167 Å². The maximum atomic E-state index is 12.6. The Morgan fingerprint density at radius 1 is 1.07 bits per heavy atom. The van der Waals surface area contributed by atoms with Crippen molar-refractivity contribution in [3.63, 3.8) is 0 Å². The molecule has 0 spiro atoms. The quantitative estimate of drug-likeness (QED) is 0.581. The van der Waals surface area contributed by atoms with Crippen molar-refractivity contribution in [1.29, 1.82) is 0 Å². The summed E-state index contributed by atoms with van der Waals surface area (Å²) in [6.45, 7) is 4.45. The molecule has 0 aliphatic heterocycles. The van der Waals surface area contributed by atoms with Crippen LogP contribution in [-0.4, -0.2) is 40.1 Å². The second kappa shape index (κ2) is 8.78. The lowest BCUT2D eigenvalue weighted by Gasteiger charge is -2.10. The van der Waals surface area contributed by atoms with Crippen LogP contribution >= 0.6 is 0 Å². The van der Waals surface area contributed by atoms with Crippen LogP contribution in [0.3, 0.4) is 0 Å². The van der Waals surface area contributed by atoms with Crippen LogP contribution < -0.4 is 20.7 Å². The van der Waals surface area contributed by atoms with Gasteiger partial charge in [-0.05, 0) is 37.6 Å². The van der Waals surface area contributed by atoms with Gasteiger partial charge in [0.15, 0.2) is 23.9 Å². The fourth-order valence-electron chi connectivity index (χ4n) is 3.03. The molecule has 9 nitrogen and oxygen atoms in total. The molecule has 0 saturated carbocycles. The lowest BCUT2D eigenvalue weighted by molar-refractivity contribution is 0.0491.